The number of rotatable bonds is 5. The van der Waals surface area contributed by atoms with E-state index in [1.807, 2.05) is 38.5 Å². The molecule has 1 saturated heterocycles. The lowest BCUT2D eigenvalue weighted by Gasteiger charge is -2.31. The molecule has 1 fully saturated rings. The second-order valence-corrected chi connectivity index (χ2v) is 7.16. The summed E-state index contributed by atoms with van der Waals surface area (Å²) in [5.41, 5.74) is 1.06. The molecule has 3 rings (SSSR count). The van der Waals surface area contributed by atoms with Crippen LogP contribution in [0.15, 0.2) is 24.5 Å². The molecule has 0 unspecified atom stereocenters. The van der Waals surface area contributed by atoms with E-state index in [1.165, 1.54) is 4.90 Å². The van der Waals surface area contributed by atoms with Crippen molar-refractivity contribution in [3.63, 3.8) is 0 Å². The molecule has 0 bridgehead atoms. The molecule has 1 aliphatic rings. The van der Waals surface area contributed by atoms with E-state index in [-0.39, 0.29) is 6.54 Å². The first kappa shape index (κ1) is 18.1. The minimum absolute atomic E-state index is 0.231. The van der Waals surface area contributed by atoms with Crippen molar-refractivity contribution in [1.82, 2.24) is 24.9 Å². The van der Waals surface area contributed by atoms with Gasteiger partial charge in [0.15, 0.2) is 0 Å². The highest BCUT2D eigenvalue weighted by Crippen LogP contribution is 2.27. The van der Waals surface area contributed by atoms with Gasteiger partial charge in [-0.15, -0.1) is 11.3 Å². The van der Waals surface area contributed by atoms with Gasteiger partial charge in [0, 0.05) is 54.7 Å². The molecule has 9 heteroatoms. The van der Waals surface area contributed by atoms with Gasteiger partial charge >= 0.3 is 17.8 Å². The number of piperazine rings is 1. The number of thiophene rings is 1. The first-order chi connectivity index (χ1) is 12.5. The molecule has 0 saturated carbocycles. The van der Waals surface area contributed by atoms with E-state index in [0.717, 1.165) is 20.2 Å². The minimum Gasteiger partial charge on any atom is -0.337 e. The number of likely N-dealkylation sites (N-methyl/N-ethyl adjacent to an activating group) is 1. The van der Waals surface area contributed by atoms with Crippen LogP contribution in [-0.2, 0) is 23.1 Å². The third-order valence-corrected chi connectivity index (χ3v) is 5.43. The highest BCUT2D eigenvalue weighted by Gasteiger charge is 2.35. The zero-order chi connectivity index (χ0) is 18.7. The molecule has 0 atom stereocenters. The lowest BCUT2D eigenvalue weighted by molar-refractivity contribution is -0.153. The molecule has 2 aromatic rings. The van der Waals surface area contributed by atoms with Crippen molar-refractivity contribution in [3.05, 3.63) is 29.4 Å². The Hall–Kier alpha value is -2.68. The highest BCUT2D eigenvalue weighted by molar-refractivity contribution is 7.15. The largest absolute Gasteiger partial charge is 0.337 e. The number of carbonyl (C=O) groups excluding carboxylic acids is 3. The zero-order valence-electron chi connectivity index (χ0n) is 14.8. The first-order valence-electron chi connectivity index (χ1n) is 8.46. The van der Waals surface area contributed by atoms with E-state index in [2.05, 4.69) is 10.4 Å². The molecule has 3 heterocycles. The summed E-state index contributed by atoms with van der Waals surface area (Å²) in [4.78, 5) is 40.7. The topological polar surface area (TPSA) is 87.5 Å². The SMILES string of the molecule is CCN1CCN(C(=O)NCCc2ccc(-c3cnn(C)c3)s2)C(=O)C1=O. The number of hydrogen-bond donors (Lipinski definition) is 1. The van der Waals surface area contributed by atoms with Crippen LogP contribution in [0, 0.1) is 0 Å². The summed E-state index contributed by atoms with van der Waals surface area (Å²) in [6.45, 7) is 3.29. The Bertz CT molecular complexity index is 828. The number of imide groups is 1. The second-order valence-electron chi connectivity index (χ2n) is 5.99. The maximum atomic E-state index is 12.2. The Morgan fingerprint density at radius 1 is 1.27 bits per heavy atom. The maximum absolute atomic E-state index is 12.2. The fourth-order valence-electron chi connectivity index (χ4n) is 2.77. The molecule has 4 amide bonds. The van der Waals surface area contributed by atoms with Crippen LogP contribution in [-0.4, -0.2) is 63.6 Å². The van der Waals surface area contributed by atoms with Gasteiger partial charge in [0.1, 0.15) is 0 Å². The van der Waals surface area contributed by atoms with E-state index in [9.17, 15) is 14.4 Å². The fourth-order valence-corrected chi connectivity index (χ4v) is 3.76. The molecule has 8 nitrogen and oxygen atoms in total. The van der Waals surface area contributed by atoms with E-state index in [0.29, 0.717) is 26.1 Å². The van der Waals surface area contributed by atoms with Crippen LogP contribution >= 0.6 is 11.3 Å². The monoisotopic (exact) mass is 375 g/mol. The normalized spacial score (nSPS) is 14.8. The maximum Gasteiger partial charge on any atom is 0.324 e. The van der Waals surface area contributed by atoms with E-state index < -0.39 is 17.8 Å². The Balaban J connectivity index is 1.51. The van der Waals surface area contributed by atoms with Crippen molar-refractivity contribution in [1.29, 1.82) is 0 Å². The van der Waals surface area contributed by atoms with Gasteiger partial charge in [-0.1, -0.05) is 0 Å². The number of urea groups is 1. The number of nitrogens with zero attached hydrogens (tertiary/aromatic N) is 4. The third-order valence-electron chi connectivity index (χ3n) is 4.23. The number of nitrogens with one attached hydrogen (secondary N) is 1. The van der Waals surface area contributed by atoms with Crippen LogP contribution in [0.5, 0.6) is 0 Å². The summed E-state index contributed by atoms with van der Waals surface area (Å²) in [5.74, 6) is -1.38. The summed E-state index contributed by atoms with van der Waals surface area (Å²) < 4.78 is 1.76. The lowest BCUT2D eigenvalue weighted by atomic mass is 10.3. The quantitative estimate of drug-likeness (QED) is 0.793. The smallest absolute Gasteiger partial charge is 0.324 e. The molecule has 0 radical (unpaired) electrons. The molecule has 2 aromatic heterocycles. The summed E-state index contributed by atoms with van der Waals surface area (Å²) in [7, 11) is 1.87. The Kier molecular flexibility index (Phi) is 5.36. The standard InChI is InChI=1S/C17H21N5O3S/c1-3-21-8-9-22(16(24)15(21)23)17(25)18-7-6-13-4-5-14(26-13)12-10-19-20(2)11-12/h4-5,10-11H,3,6-9H2,1-2H3,(H,18,25). The van der Waals surface area contributed by atoms with Crippen molar-refractivity contribution < 1.29 is 14.4 Å². The van der Waals surface area contributed by atoms with Gasteiger partial charge < -0.3 is 10.2 Å². The van der Waals surface area contributed by atoms with Crippen molar-refractivity contribution in [3.8, 4) is 10.4 Å². The van der Waals surface area contributed by atoms with Crippen molar-refractivity contribution >= 4 is 29.2 Å². The Labute approximate surface area is 155 Å². The van der Waals surface area contributed by atoms with Crippen LogP contribution < -0.4 is 5.32 Å². The number of aromatic nitrogens is 2. The van der Waals surface area contributed by atoms with Crippen LogP contribution in [0.1, 0.15) is 11.8 Å². The summed E-state index contributed by atoms with van der Waals surface area (Å²) >= 11 is 1.64. The zero-order valence-corrected chi connectivity index (χ0v) is 15.6. The van der Waals surface area contributed by atoms with E-state index in [4.69, 9.17) is 0 Å². The van der Waals surface area contributed by atoms with Gasteiger partial charge in [-0.2, -0.15) is 5.10 Å². The average molecular weight is 375 g/mol. The van der Waals surface area contributed by atoms with Crippen LogP contribution in [0.4, 0.5) is 4.79 Å². The average Bonchev–Trinajstić information content (AvgIpc) is 3.26. The number of aryl methyl sites for hydroxylation is 1. The fraction of sp³-hybridized carbons (Fsp3) is 0.412. The molecule has 1 aliphatic heterocycles. The predicted octanol–water partition coefficient (Wildman–Crippen LogP) is 1.09. The minimum atomic E-state index is -0.759. The number of carbonyl (C=O) groups is 3. The van der Waals surface area contributed by atoms with Crippen molar-refractivity contribution in [2.45, 2.75) is 13.3 Å². The Morgan fingerprint density at radius 3 is 2.77 bits per heavy atom. The number of hydrogen-bond acceptors (Lipinski definition) is 5. The lowest BCUT2D eigenvalue weighted by Crippen LogP contribution is -2.58. The molecular weight excluding hydrogens is 354 g/mol. The van der Waals surface area contributed by atoms with Crippen LogP contribution in [0.3, 0.4) is 0 Å². The predicted molar refractivity (Wildman–Crippen MR) is 97.6 cm³/mol. The van der Waals surface area contributed by atoms with Gasteiger partial charge in [-0.25, -0.2) is 4.79 Å². The van der Waals surface area contributed by atoms with Crippen LogP contribution in [0.2, 0.25) is 0 Å². The van der Waals surface area contributed by atoms with Gasteiger partial charge in [0.25, 0.3) is 0 Å². The van der Waals surface area contributed by atoms with Gasteiger partial charge in [-0.3, -0.25) is 19.2 Å². The van der Waals surface area contributed by atoms with Crippen LogP contribution in [0.25, 0.3) is 10.4 Å². The third kappa shape index (κ3) is 3.77. The summed E-state index contributed by atoms with van der Waals surface area (Å²) in [6.07, 6.45) is 4.43. The molecule has 0 aromatic carbocycles. The summed E-state index contributed by atoms with van der Waals surface area (Å²) in [6, 6.07) is 3.54. The van der Waals surface area contributed by atoms with Gasteiger partial charge in [0.05, 0.1) is 6.20 Å². The van der Waals surface area contributed by atoms with Crippen molar-refractivity contribution in [2.24, 2.45) is 7.05 Å². The van der Waals surface area contributed by atoms with Gasteiger partial charge in [-0.05, 0) is 25.5 Å². The molecular formula is C17H21N5O3S. The molecule has 138 valence electrons. The summed E-state index contributed by atoms with van der Waals surface area (Å²) in [5, 5.41) is 6.89. The molecule has 0 spiro atoms. The molecule has 1 N–H and O–H groups in total. The molecule has 26 heavy (non-hydrogen) atoms. The van der Waals surface area contributed by atoms with Gasteiger partial charge in [0.2, 0.25) is 0 Å². The molecule has 0 aliphatic carbocycles. The second kappa shape index (κ2) is 7.69. The van der Waals surface area contributed by atoms with E-state index >= 15 is 0 Å². The number of amides is 4. The first-order valence-corrected chi connectivity index (χ1v) is 9.27. The Morgan fingerprint density at radius 2 is 2.08 bits per heavy atom. The van der Waals surface area contributed by atoms with Crippen molar-refractivity contribution in [2.75, 3.05) is 26.2 Å². The highest BCUT2D eigenvalue weighted by atomic mass is 32.1. The van der Waals surface area contributed by atoms with E-state index in [1.54, 1.807) is 16.0 Å².